The molecule has 1 aliphatic rings. The molecule has 1 aliphatic carbocycles. The van der Waals surface area contributed by atoms with Crippen molar-refractivity contribution in [2.24, 2.45) is 5.92 Å². The summed E-state index contributed by atoms with van der Waals surface area (Å²) in [6.07, 6.45) is 2.23. The Kier molecular flexibility index (Phi) is 2.97. The summed E-state index contributed by atoms with van der Waals surface area (Å²) in [4.78, 5) is 23.5. The Balaban J connectivity index is 2.28. The van der Waals surface area contributed by atoms with Crippen molar-refractivity contribution in [3.63, 3.8) is 0 Å². The van der Waals surface area contributed by atoms with Crippen molar-refractivity contribution in [3.05, 3.63) is 40.2 Å². The van der Waals surface area contributed by atoms with Crippen molar-refractivity contribution in [1.82, 2.24) is 4.57 Å². The van der Waals surface area contributed by atoms with Gasteiger partial charge in [0.15, 0.2) is 5.43 Å². The Morgan fingerprint density at radius 3 is 2.75 bits per heavy atom. The van der Waals surface area contributed by atoms with Crippen molar-refractivity contribution >= 4 is 16.9 Å². The molecule has 3 rings (SSSR count). The van der Waals surface area contributed by atoms with E-state index in [1.165, 1.54) is 13.2 Å². The lowest BCUT2D eigenvalue weighted by Gasteiger charge is -2.14. The van der Waals surface area contributed by atoms with Gasteiger partial charge in [0, 0.05) is 18.0 Å². The van der Waals surface area contributed by atoms with Crippen LogP contribution in [0.3, 0.4) is 0 Å². The summed E-state index contributed by atoms with van der Waals surface area (Å²) < 4.78 is 6.86. The van der Waals surface area contributed by atoms with Gasteiger partial charge in [-0.15, -0.1) is 0 Å². The lowest BCUT2D eigenvalue weighted by atomic mass is 10.1. The maximum atomic E-state index is 12.1. The first-order valence-corrected chi connectivity index (χ1v) is 6.55. The normalized spacial score (nSPS) is 14.4. The number of carbonyl (C=O) groups is 1. The molecule has 0 bridgehead atoms. The van der Waals surface area contributed by atoms with Crippen LogP contribution in [0.4, 0.5) is 0 Å². The van der Waals surface area contributed by atoms with Gasteiger partial charge in [-0.25, -0.2) is 4.79 Å². The number of hydrogen-bond acceptors (Lipinski definition) is 3. The van der Waals surface area contributed by atoms with Crippen LogP contribution in [0, 0.1) is 5.92 Å². The van der Waals surface area contributed by atoms with Gasteiger partial charge in [0.1, 0.15) is 11.4 Å². The number of carboxylic acid groups (broad SMARTS) is 1. The number of methoxy groups -OCH3 is 1. The molecule has 2 aromatic rings. The summed E-state index contributed by atoms with van der Waals surface area (Å²) in [7, 11) is 1.54. The average molecular weight is 273 g/mol. The molecule has 20 heavy (non-hydrogen) atoms. The number of hydrogen-bond donors (Lipinski definition) is 1. The molecule has 0 spiro atoms. The quantitative estimate of drug-likeness (QED) is 0.926. The van der Waals surface area contributed by atoms with E-state index in [0.717, 1.165) is 12.8 Å². The summed E-state index contributed by atoms with van der Waals surface area (Å²) in [5.41, 5.74) is 0.422. The highest BCUT2D eigenvalue weighted by atomic mass is 16.5. The van der Waals surface area contributed by atoms with Crippen molar-refractivity contribution < 1.29 is 14.6 Å². The molecule has 1 fully saturated rings. The first kappa shape index (κ1) is 12.7. The van der Waals surface area contributed by atoms with Gasteiger partial charge in [0.25, 0.3) is 0 Å². The Morgan fingerprint density at radius 1 is 1.40 bits per heavy atom. The van der Waals surface area contributed by atoms with Gasteiger partial charge in [0.05, 0.1) is 12.6 Å². The molecular weight excluding hydrogens is 258 g/mol. The predicted octanol–water partition coefficient (Wildman–Crippen LogP) is 2.12. The summed E-state index contributed by atoms with van der Waals surface area (Å²) in [5, 5.41) is 9.79. The molecule has 104 valence electrons. The summed E-state index contributed by atoms with van der Waals surface area (Å²) in [6, 6.07) is 6.36. The monoisotopic (exact) mass is 273 g/mol. The molecule has 1 aromatic carbocycles. The lowest BCUT2D eigenvalue weighted by Crippen LogP contribution is -2.19. The maximum absolute atomic E-state index is 12.1. The Bertz CT molecular complexity index is 743. The van der Waals surface area contributed by atoms with Gasteiger partial charge in [-0.3, -0.25) is 4.79 Å². The molecule has 5 heteroatoms. The third-order valence-corrected chi connectivity index (χ3v) is 3.68. The molecule has 0 amide bonds. The summed E-state index contributed by atoms with van der Waals surface area (Å²) in [5.74, 6) is 0.0389. The summed E-state index contributed by atoms with van der Waals surface area (Å²) in [6.45, 7) is 0.644. The zero-order valence-electron chi connectivity index (χ0n) is 11.1. The number of ether oxygens (including phenoxy) is 1. The number of nitrogens with zero attached hydrogens (tertiary/aromatic N) is 1. The molecule has 0 saturated heterocycles. The van der Waals surface area contributed by atoms with Crippen LogP contribution in [0.25, 0.3) is 10.9 Å². The minimum atomic E-state index is -1.07. The fourth-order valence-electron chi connectivity index (χ4n) is 2.42. The molecule has 0 atom stereocenters. The zero-order valence-corrected chi connectivity index (χ0v) is 11.1. The van der Waals surface area contributed by atoms with Crippen LogP contribution < -0.4 is 10.2 Å². The highest BCUT2D eigenvalue weighted by Gasteiger charge is 2.25. The van der Waals surface area contributed by atoms with Gasteiger partial charge in [0.2, 0.25) is 0 Å². The fourth-order valence-corrected chi connectivity index (χ4v) is 2.42. The molecule has 1 heterocycles. The number of pyridine rings is 1. The maximum Gasteiger partial charge on any atom is 0.352 e. The van der Waals surface area contributed by atoms with E-state index in [4.69, 9.17) is 4.74 Å². The van der Waals surface area contributed by atoms with Crippen LogP contribution in [-0.4, -0.2) is 22.8 Å². The Labute approximate surface area is 115 Å². The topological polar surface area (TPSA) is 68.5 Å². The van der Waals surface area contributed by atoms with E-state index in [-0.39, 0.29) is 11.1 Å². The van der Waals surface area contributed by atoms with Gasteiger partial charge in [-0.2, -0.15) is 0 Å². The second kappa shape index (κ2) is 4.67. The number of fused-ring (bicyclic) bond motifs is 1. The Morgan fingerprint density at radius 2 is 2.15 bits per heavy atom. The van der Waals surface area contributed by atoms with Crippen molar-refractivity contribution in [3.8, 4) is 5.75 Å². The molecule has 0 unspecified atom stereocenters. The van der Waals surface area contributed by atoms with Crippen LogP contribution in [-0.2, 0) is 6.54 Å². The van der Waals surface area contributed by atoms with Crippen molar-refractivity contribution in [1.29, 1.82) is 0 Å². The summed E-state index contributed by atoms with van der Waals surface area (Å²) >= 11 is 0. The Hall–Kier alpha value is -2.30. The number of aromatic carboxylic acids is 1. The van der Waals surface area contributed by atoms with E-state index in [9.17, 15) is 14.7 Å². The van der Waals surface area contributed by atoms with Crippen LogP contribution in [0.1, 0.15) is 23.3 Å². The highest BCUT2D eigenvalue weighted by Crippen LogP contribution is 2.32. The van der Waals surface area contributed by atoms with Gasteiger partial charge < -0.3 is 14.4 Å². The van der Waals surface area contributed by atoms with Gasteiger partial charge in [-0.1, -0.05) is 0 Å². The number of rotatable bonds is 4. The average Bonchev–Trinajstić information content (AvgIpc) is 3.25. The lowest BCUT2D eigenvalue weighted by molar-refractivity contribution is 0.0684. The first-order chi connectivity index (χ1) is 9.60. The van der Waals surface area contributed by atoms with Gasteiger partial charge >= 0.3 is 5.97 Å². The molecule has 1 saturated carbocycles. The van der Waals surface area contributed by atoms with E-state index in [1.54, 1.807) is 22.8 Å². The molecule has 1 N–H and O–H groups in total. The second-order valence-electron chi connectivity index (χ2n) is 5.14. The second-order valence-corrected chi connectivity index (χ2v) is 5.14. The van der Waals surface area contributed by atoms with Gasteiger partial charge in [-0.05, 0) is 37.0 Å². The van der Waals surface area contributed by atoms with E-state index in [0.29, 0.717) is 29.1 Å². The minimum Gasteiger partial charge on any atom is -0.497 e. The van der Waals surface area contributed by atoms with Crippen LogP contribution in [0.5, 0.6) is 5.75 Å². The number of benzene rings is 1. The highest BCUT2D eigenvalue weighted by molar-refractivity contribution is 5.91. The molecule has 0 aliphatic heterocycles. The van der Waals surface area contributed by atoms with Crippen LogP contribution >= 0.6 is 0 Å². The molecular formula is C15H15NO4. The van der Waals surface area contributed by atoms with E-state index in [2.05, 4.69) is 0 Å². The van der Waals surface area contributed by atoms with E-state index in [1.807, 2.05) is 0 Å². The van der Waals surface area contributed by atoms with Crippen LogP contribution in [0.15, 0.2) is 29.1 Å². The SMILES string of the molecule is COc1ccc2c(c1)c(=O)cc(C(=O)O)n2CC1CC1. The third-order valence-electron chi connectivity index (χ3n) is 3.68. The first-order valence-electron chi connectivity index (χ1n) is 6.55. The zero-order chi connectivity index (χ0) is 14.3. The van der Waals surface area contributed by atoms with E-state index < -0.39 is 5.97 Å². The minimum absolute atomic E-state index is 0.0552. The standard InChI is InChI=1S/C15H15NO4/c1-20-10-4-5-12-11(6-10)14(17)7-13(15(18)19)16(12)8-9-2-3-9/h4-7,9H,2-3,8H2,1H3,(H,18,19). The third kappa shape index (κ3) is 2.15. The van der Waals surface area contributed by atoms with Crippen molar-refractivity contribution in [2.75, 3.05) is 7.11 Å². The van der Waals surface area contributed by atoms with E-state index >= 15 is 0 Å². The number of carboxylic acids is 1. The molecule has 5 nitrogen and oxygen atoms in total. The molecule has 1 aromatic heterocycles. The smallest absolute Gasteiger partial charge is 0.352 e. The predicted molar refractivity (Wildman–Crippen MR) is 74.4 cm³/mol. The van der Waals surface area contributed by atoms with Crippen molar-refractivity contribution in [2.45, 2.75) is 19.4 Å². The van der Waals surface area contributed by atoms with Crippen LogP contribution in [0.2, 0.25) is 0 Å². The fraction of sp³-hybridized carbons (Fsp3) is 0.333. The largest absolute Gasteiger partial charge is 0.497 e. The molecule has 0 radical (unpaired) electrons. The number of aromatic nitrogens is 1.